The third kappa shape index (κ3) is 5.64. The van der Waals surface area contributed by atoms with Crippen molar-refractivity contribution in [3.63, 3.8) is 0 Å². The van der Waals surface area contributed by atoms with Crippen LogP contribution in [0.4, 0.5) is 28.4 Å². The molecule has 1 aromatic heterocycles. The summed E-state index contributed by atoms with van der Waals surface area (Å²) in [7, 11) is 0. The molecule has 2 nitrogen and oxygen atoms in total. The fourth-order valence-corrected chi connectivity index (χ4v) is 11.1. The number of anilines is 5. The Morgan fingerprint density at radius 3 is 1.67 bits per heavy atom. The maximum Gasteiger partial charge on any atom is 0.0774 e. The average molecular weight is 733 g/mol. The van der Waals surface area contributed by atoms with Gasteiger partial charge in [0.05, 0.1) is 17.0 Å². The normalized spacial score (nSPS) is 15.9. The van der Waals surface area contributed by atoms with Gasteiger partial charge in [-0.05, 0) is 99.5 Å². The molecule has 8 aromatic rings. The van der Waals surface area contributed by atoms with Crippen molar-refractivity contribution in [2.75, 3.05) is 9.80 Å². The minimum absolute atomic E-state index is 0.130. The molecule has 0 spiro atoms. The zero-order valence-corrected chi connectivity index (χ0v) is 32.2. The molecule has 2 unspecified atom stereocenters. The summed E-state index contributed by atoms with van der Waals surface area (Å²) in [6, 6.07) is 65.1. The van der Waals surface area contributed by atoms with Gasteiger partial charge in [0.2, 0.25) is 0 Å². The molecule has 0 N–H and O–H groups in total. The van der Waals surface area contributed by atoms with Gasteiger partial charge in [0.15, 0.2) is 0 Å². The van der Waals surface area contributed by atoms with Crippen molar-refractivity contribution >= 4 is 61.6 Å². The van der Waals surface area contributed by atoms with Crippen LogP contribution in [-0.2, 0) is 5.41 Å². The zero-order valence-electron chi connectivity index (χ0n) is 30.6. The van der Waals surface area contributed by atoms with Crippen LogP contribution in [0.25, 0.3) is 32.3 Å². The molecule has 0 saturated carbocycles. The number of rotatable bonds is 6. The van der Waals surface area contributed by atoms with Crippen LogP contribution < -0.4 is 9.80 Å². The van der Waals surface area contributed by atoms with Crippen molar-refractivity contribution in [1.29, 1.82) is 0 Å². The van der Waals surface area contributed by atoms with E-state index in [2.05, 4.69) is 206 Å². The van der Waals surface area contributed by atoms with Gasteiger partial charge in [0.1, 0.15) is 0 Å². The third-order valence-corrected chi connectivity index (χ3v) is 13.7. The molecule has 10 rings (SSSR count). The SMILES string of the molecule is CC(C)(C)c1ccc(-c2ccc(N(c3ccc(-c4ccccc4)cc3)c3ccc(N4c5c(sc6ccccc56)C5Sc6ccccc6C54)cc3)cc2)cc1. The van der Waals surface area contributed by atoms with Crippen LogP contribution in [-0.4, -0.2) is 0 Å². The predicted molar refractivity (Wildman–Crippen MR) is 232 cm³/mol. The van der Waals surface area contributed by atoms with E-state index in [1.54, 1.807) is 0 Å². The maximum atomic E-state index is 2.63. The van der Waals surface area contributed by atoms with E-state index < -0.39 is 0 Å². The Balaban J connectivity index is 1.04. The second kappa shape index (κ2) is 13.1. The molecule has 4 heteroatoms. The van der Waals surface area contributed by atoms with E-state index in [0.29, 0.717) is 5.25 Å². The molecular formula is C50H40N2S2. The first-order valence-corrected chi connectivity index (χ1v) is 20.4. The van der Waals surface area contributed by atoms with Gasteiger partial charge in [-0.1, -0.05) is 136 Å². The van der Waals surface area contributed by atoms with Gasteiger partial charge in [0, 0.05) is 42.6 Å². The number of hydrogen-bond donors (Lipinski definition) is 0. The summed E-state index contributed by atoms with van der Waals surface area (Å²) < 4.78 is 1.36. The first kappa shape index (κ1) is 33.1. The summed E-state index contributed by atoms with van der Waals surface area (Å²) in [5.74, 6) is 0. The minimum atomic E-state index is 0.130. The Bertz CT molecular complexity index is 2600. The number of benzene rings is 7. The Labute approximate surface area is 326 Å². The van der Waals surface area contributed by atoms with Crippen LogP contribution in [0.5, 0.6) is 0 Å². The molecule has 2 aliphatic rings. The molecule has 0 radical (unpaired) electrons. The number of thiophene rings is 1. The van der Waals surface area contributed by atoms with Crippen molar-refractivity contribution in [3.8, 4) is 22.3 Å². The Morgan fingerprint density at radius 1 is 0.519 bits per heavy atom. The lowest BCUT2D eigenvalue weighted by Crippen LogP contribution is -2.19. The topological polar surface area (TPSA) is 6.48 Å². The molecule has 2 atom stereocenters. The monoisotopic (exact) mass is 732 g/mol. The fourth-order valence-electron chi connectivity index (χ4n) is 8.20. The highest BCUT2D eigenvalue weighted by Crippen LogP contribution is 2.67. The molecule has 0 aliphatic carbocycles. The van der Waals surface area contributed by atoms with E-state index in [1.165, 1.54) is 64.6 Å². The first-order chi connectivity index (χ1) is 26.4. The first-order valence-electron chi connectivity index (χ1n) is 18.7. The van der Waals surface area contributed by atoms with E-state index in [4.69, 9.17) is 0 Å². The molecule has 262 valence electrons. The van der Waals surface area contributed by atoms with Crippen molar-refractivity contribution < 1.29 is 0 Å². The smallest absolute Gasteiger partial charge is 0.0774 e. The number of fused-ring (bicyclic) bond motifs is 7. The van der Waals surface area contributed by atoms with Gasteiger partial charge in [-0.15, -0.1) is 23.1 Å². The third-order valence-electron chi connectivity index (χ3n) is 11.0. The molecular weight excluding hydrogens is 693 g/mol. The summed E-state index contributed by atoms with van der Waals surface area (Å²) in [6.45, 7) is 6.79. The predicted octanol–water partition coefficient (Wildman–Crippen LogP) is 15.0. The largest absolute Gasteiger partial charge is 0.331 e. The lowest BCUT2D eigenvalue weighted by molar-refractivity contribution is 0.590. The van der Waals surface area contributed by atoms with Crippen LogP contribution in [0.3, 0.4) is 0 Å². The second-order valence-electron chi connectivity index (χ2n) is 15.3. The molecule has 7 aromatic carbocycles. The lowest BCUT2D eigenvalue weighted by Gasteiger charge is -2.30. The van der Waals surface area contributed by atoms with E-state index in [1.807, 2.05) is 23.1 Å². The van der Waals surface area contributed by atoms with Crippen LogP contribution >= 0.6 is 23.1 Å². The highest BCUT2D eigenvalue weighted by atomic mass is 32.2. The average Bonchev–Trinajstić information content (AvgIpc) is 3.87. The van der Waals surface area contributed by atoms with Gasteiger partial charge in [-0.25, -0.2) is 0 Å². The quantitative estimate of drug-likeness (QED) is 0.168. The summed E-state index contributed by atoms with van der Waals surface area (Å²) in [5.41, 5.74) is 13.8. The van der Waals surface area contributed by atoms with Gasteiger partial charge < -0.3 is 9.80 Å². The molecule has 0 saturated heterocycles. The zero-order chi connectivity index (χ0) is 36.4. The standard InChI is InChI=1S/C50H40N2S2/c1-50(2,3)37-23-17-34(18-24-37)36-21-27-39(28-22-36)51(38-25-19-35(20-26-38)33-11-5-4-6-12-33)40-29-31-41(32-30-40)52-46-42-13-7-9-15-44(42)53-48(46)49-47(52)43-14-8-10-16-45(43)54-49/h4-32,46,48H,1-3H3. The van der Waals surface area contributed by atoms with E-state index >= 15 is 0 Å². The van der Waals surface area contributed by atoms with Crippen molar-refractivity contribution in [2.45, 2.75) is 42.4 Å². The fraction of sp³-hybridized carbons (Fsp3) is 0.120. The lowest BCUT2D eigenvalue weighted by atomic mass is 9.86. The van der Waals surface area contributed by atoms with Crippen LogP contribution in [0, 0.1) is 0 Å². The molecule has 0 bridgehead atoms. The van der Waals surface area contributed by atoms with Crippen LogP contribution in [0.1, 0.15) is 48.1 Å². The van der Waals surface area contributed by atoms with Crippen LogP contribution in [0.2, 0.25) is 0 Å². The van der Waals surface area contributed by atoms with Crippen LogP contribution in [0.15, 0.2) is 181 Å². The summed E-state index contributed by atoms with van der Waals surface area (Å²) in [4.78, 5) is 7.89. The van der Waals surface area contributed by atoms with Gasteiger partial charge in [0.25, 0.3) is 0 Å². The minimum Gasteiger partial charge on any atom is -0.331 e. The van der Waals surface area contributed by atoms with Crippen molar-refractivity contribution in [2.24, 2.45) is 0 Å². The maximum absolute atomic E-state index is 2.63. The van der Waals surface area contributed by atoms with E-state index in [-0.39, 0.29) is 11.5 Å². The van der Waals surface area contributed by atoms with Crippen molar-refractivity contribution in [1.82, 2.24) is 0 Å². The molecule has 3 heterocycles. The van der Waals surface area contributed by atoms with Crippen molar-refractivity contribution in [3.05, 3.63) is 192 Å². The summed E-state index contributed by atoms with van der Waals surface area (Å²) in [5, 5.41) is 1.74. The molecule has 0 fully saturated rings. The highest BCUT2D eigenvalue weighted by molar-refractivity contribution is 8.00. The molecule has 0 amide bonds. The number of nitrogens with zero attached hydrogens (tertiary/aromatic N) is 2. The second-order valence-corrected chi connectivity index (χ2v) is 17.6. The van der Waals surface area contributed by atoms with Gasteiger partial charge in [-0.3, -0.25) is 0 Å². The van der Waals surface area contributed by atoms with E-state index in [9.17, 15) is 0 Å². The van der Waals surface area contributed by atoms with Gasteiger partial charge in [-0.2, -0.15) is 0 Å². The Morgan fingerprint density at radius 2 is 1.04 bits per heavy atom. The Hall–Kier alpha value is -5.55. The number of hydrogen-bond acceptors (Lipinski definition) is 4. The Kier molecular flexibility index (Phi) is 8.01. The highest BCUT2D eigenvalue weighted by Gasteiger charge is 2.48. The summed E-state index contributed by atoms with van der Waals surface area (Å²) in [6.07, 6.45) is 0. The molecule has 54 heavy (non-hydrogen) atoms. The van der Waals surface area contributed by atoms with Gasteiger partial charge >= 0.3 is 0 Å². The summed E-state index contributed by atoms with van der Waals surface area (Å²) >= 11 is 3.99. The molecule has 2 aliphatic heterocycles. The van der Waals surface area contributed by atoms with E-state index in [0.717, 1.165) is 17.1 Å². The number of thioether (sulfide) groups is 1.